The number of carbonyl (C=O) groups is 1. The van der Waals surface area contributed by atoms with Crippen LogP contribution in [0, 0.1) is 18.3 Å². The fourth-order valence-corrected chi connectivity index (χ4v) is 3.37. The zero-order valence-electron chi connectivity index (χ0n) is 15.3. The highest BCUT2D eigenvalue weighted by Gasteiger charge is 2.20. The van der Waals surface area contributed by atoms with E-state index >= 15 is 0 Å². The first-order valence-electron chi connectivity index (χ1n) is 9.25. The van der Waals surface area contributed by atoms with Crippen LogP contribution in [-0.4, -0.2) is 30.4 Å². The highest BCUT2D eigenvalue weighted by Crippen LogP contribution is 2.20. The number of piperidine rings is 1. The van der Waals surface area contributed by atoms with Gasteiger partial charge < -0.3 is 9.80 Å². The van der Waals surface area contributed by atoms with E-state index in [1.165, 1.54) is 12.0 Å². The van der Waals surface area contributed by atoms with Gasteiger partial charge in [-0.2, -0.15) is 5.26 Å². The Hall–Kier alpha value is -2.80. The SMILES string of the molecule is Cc1ccc(N(CC(=O)N2CCCCC2)Cc2ccccc2C#N)cc1. The van der Waals surface area contributed by atoms with Crippen LogP contribution in [0.4, 0.5) is 5.69 Å². The van der Waals surface area contributed by atoms with Crippen LogP contribution < -0.4 is 4.90 Å². The van der Waals surface area contributed by atoms with Gasteiger partial charge in [0.1, 0.15) is 0 Å². The molecule has 2 aromatic rings. The molecule has 3 rings (SSSR count). The summed E-state index contributed by atoms with van der Waals surface area (Å²) in [7, 11) is 0. The number of aryl methyl sites for hydroxylation is 1. The lowest BCUT2D eigenvalue weighted by atomic mass is 10.1. The second-order valence-corrected chi connectivity index (χ2v) is 6.90. The number of rotatable bonds is 5. The number of hydrogen-bond donors (Lipinski definition) is 0. The molecule has 4 heteroatoms. The average Bonchev–Trinajstić information content (AvgIpc) is 2.69. The number of nitriles is 1. The Balaban J connectivity index is 1.83. The molecule has 1 amide bonds. The van der Waals surface area contributed by atoms with Crippen LogP contribution >= 0.6 is 0 Å². The van der Waals surface area contributed by atoms with Crippen LogP contribution in [0.1, 0.15) is 36.0 Å². The molecule has 0 saturated carbocycles. The molecule has 134 valence electrons. The minimum absolute atomic E-state index is 0.166. The minimum atomic E-state index is 0.166. The van der Waals surface area contributed by atoms with Crippen LogP contribution in [0.3, 0.4) is 0 Å². The fraction of sp³-hybridized carbons (Fsp3) is 0.364. The van der Waals surface area contributed by atoms with Gasteiger partial charge in [-0.25, -0.2) is 0 Å². The predicted molar refractivity (Wildman–Crippen MR) is 104 cm³/mol. The van der Waals surface area contributed by atoms with Crippen molar-refractivity contribution in [1.82, 2.24) is 4.90 Å². The molecule has 2 aromatic carbocycles. The summed E-state index contributed by atoms with van der Waals surface area (Å²) in [5.74, 6) is 0.166. The summed E-state index contributed by atoms with van der Waals surface area (Å²) in [6.07, 6.45) is 3.39. The highest BCUT2D eigenvalue weighted by molar-refractivity contribution is 5.81. The van der Waals surface area contributed by atoms with Crippen LogP contribution in [0.5, 0.6) is 0 Å². The standard InChI is InChI=1S/C22H25N3O/c1-18-9-11-21(12-10-18)25(16-20-8-4-3-7-19(20)15-23)17-22(26)24-13-5-2-6-14-24/h3-4,7-12H,2,5-6,13-14,16-17H2,1H3. The molecular weight excluding hydrogens is 322 g/mol. The fourth-order valence-electron chi connectivity index (χ4n) is 3.37. The summed E-state index contributed by atoms with van der Waals surface area (Å²) >= 11 is 0. The molecule has 1 heterocycles. The third kappa shape index (κ3) is 4.43. The number of nitrogens with zero attached hydrogens (tertiary/aromatic N) is 3. The lowest BCUT2D eigenvalue weighted by Gasteiger charge is -2.31. The van der Waals surface area contributed by atoms with E-state index < -0.39 is 0 Å². The number of anilines is 1. The molecule has 1 aliphatic heterocycles. The molecule has 0 N–H and O–H groups in total. The zero-order chi connectivity index (χ0) is 18.4. The van der Waals surface area contributed by atoms with E-state index in [-0.39, 0.29) is 5.91 Å². The Bertz CT molecular complexity index is 786. The van der Waals surface area contributed by atoms with Crippen molar-refractivity contribution in [2.24, 2.45) is 0 Å². The molecule has 0 aromatic heterocycles. The monoisotopic (exact) mass is 347 g/mol. The second kappa shape index (κ2) is 8.53. The number of benzene rings is 2. The Morgan fingerprint density at radius 2 is 1.77 bits per heavy atom. The molecule has 1 saturated heterocycles. The van der Waals surface area contributed by atoms with Gasteiger partial charge in [-0.05, 0) is 49.9 Å². The number of hydrogen-bond acceptors (Lipinski definition) is 3. The van der Waals surface area contributed by atoms with Crippen molar-refractivity contribution < 1.29 is 4.79 Å². The van der Waals surface area contributed by atoms with Crippen molar-refractivity contribution in [3.8, 4) is 6.07 Å². The highest BCUT2D eigenvalue weighted by atomic mass is 16.2. The van der Waals surface area contributed by atoms with Gasteiger partial charge in [0.05, 0.1) is 18.2 Å². The zero-order valence-corrected chi connectivity index (χ0v) is 15.3. The largest absolute Gasteiger partial charge is 0.358 e. The van der Waals surface area contributed by atoms with Gasteiger partial charge in [0.25, 0.3) is 0 Å². The molecule has 0 radical (unpaired) electrons. The van der Waals surface area contributed by atoms with E-state index in [4.69, 9.17) is 0 Å². The first kappa shape index (κ1) is 18.0. The molecule has 0 aliphatic carbocycles. The number of carbonyl (C=O) groups excluding carboxylic acids is 1. The van der Waals surface area contributed by atoms with Crippen molar-refractivity contribution >= 4 is 11.6 Å². The molecule has 4 nitrogen and oxygen atoms in total. The lowest BCUT2D eigenvalue weighted by Crippen LogP contribution is -2.42. The molecule has 26 heavy (non-hydrogen) atoms. The van der Waals surface area contributed by atoms with Crippen LogP contribution in [0.15, 0.2) is 48.5 Å². The van der Waals surface area contributed by atoms with Gasteiger partial charge in [0.2, 0.25) is 5.91 Å². The van der Waals surface area contributed by atoms with E-state index in [9.17, 15) is 10.1 Å². The first-order valence-corrected chi connectivity index (χ1v) is 9.25. The van der Waals surface area contributed by atoms with Gasteiger partial charge in [0.15, 0.2) is 0 Å². The van der Waals surface area contributed by atoms with Gasteiger partial charge >= 0.3 is 0 Å². The smallest absolute Gasteiger partial charge is 0.242 e. The lowest BCUT2D eigenvalue weighted by molar-refractivity contribution is -0.130. The molecule has 0 bridgehead atoms. The minimum Gasteiger partial charge on any atom is -0.358 e. The van der Waals surface area contributed by atoms with E-state index in [1.807, 2.05) is 41.3 Å². The van der Waals surface area contributed by atoms with Gasteiger partial charge in [-0.1, -0.05) is 35.9 Å². The van der Waals surface area contributed by atoms with Crippen LogP contribution in [0.25, 0.3) is 0 Å². The van der Waals surface area contributed by atoms with E-state index in [0.717, 1.165) is 37.2 Å². The third-order valence-corrected chi connectivity index (χ3v) is 4.93. The molecule has 0 unspecified atom stereocenters. The van der Waals surface area contributed by atoms with Crippen molar-refractivity contribution in [3.05, 3.63) is 65.2 Å². The summed E-state index contributed by atoms with van der Waals surface area (Å²) < 4.78 is 0. The van der Waals surface area contributed by atoms with E-state index in [1.54, 1.807) is 0 Å². The molecule has 1 fully saturated rings. The van der Waals surface area contributed by atoms with Gasteiger partial charge in [0, 0.05) is 25.3 Å². The predicted octanol–water partition coefficient (Wildman–Crippen LogP) is 3.89. The maximum absolute atomic E-state index is 12.8. The number of amides is 1. The summed E-state index contributed by atoms with van der Waals surface area (Å²) in [6.45, 7) is 4.65. The topological polar surface area (TPSA) is 47.3 Å². The summed E-state index contributed by atoms with van der Waals surface area (Å²) in [6, 6.07) is 18.1. The average molecular weight is 347 g/mol. The Labute approximate surface area is 155 Å². The molecule has 0 spiro atoms. The summed E-state index contributed by atoms with van der Waals surface area (Å²) in [5, 5.41) is 9.38. The molecule has 0 atom stereocenters. The maximum atomic E-state index is 12.8. The van der Waals surface area contributed by atoms with Crippen molar-refractivity contribution in [2.75, 3.05) is 24.5 Å². The Morgan fingerprint density at radius 3 is 2.46 bits per heavy atom. The second-order valence-electron chi connectivity index (χ2n) is 6.90. The quantitative estimate of drug-likeness (QED) is 0.824. The van der Waals surface area contributed by atoms with Gasteiger partial charge in [-0.15, -0.1) is 0 Å². The third-order valence-electron chi connectivity index (χ3n) is 4.93. The Morgan fingerprint density at radius 1 is 1.08 bits per heavy atom. The van der Waals surface area contributed by atoms with E-state index in [2.05, 4.69) is 30.0 Å². The van der Waals surface area contributed by atoms with Crippen molar-refractivity contribution in [2.45, 2.75) is 32.7 Å². The van der Waals surface area contributed by atoms with Crippen LogP contribution in [0.2, 0.25) is 0 Å². The van der Waals surface area contributed by atoms with Crippen LogP contribution in [-0.2, 0) is 11.3 Å². The van der Waals surface area contributed by atoms with Crippen molar-refractivity contribution in [3.63, 3.8) is 0 Å². The van der Waals surface area contributed by atoms with E-state index in [0.29, 0.717) is 18.7 Å². The Kier molecular flexibility index (Phi) is 5.91. The summed E-state index contributed by atoms with van der Waals surface area (Å²) in [5.41, 5.74) is 3.80. The molecular formula is C22H25N3O. The summed E-state index contributed by atoms with van der Waals surface area (Å²) in [4.78, 5) is 16.9. The molecule has 1 aliphatic rings. The van der Waals surface area contributed by atoms with Gasteiger partial charge in [-0.3, -0.25) is 4.79 Å². The maximum Gasteiger partial charge on any atom is 0.242 e. The van der Waals surface area contributed by atoms with Crippen molar-refractivity contribution in [1.29, 1.82) is 5.26 Å². The first-order chi connectivity index (χ1) is 12.7. The normalized spacial score (nSPS) is 13.9. The number of likely N-dealkylation sites (tertiary alicyclic amines) is 1.